The topological polar surface area (TPSA) is 69.6 Å². The van der Waals surface area contributed by atoms with Crippen LogP contribution in [0, 0.1) is 0 Å². The molecule has 1 heterocycles. The maximum Gasteiger partial charge on any atom is 0.307 e. The number of nitrogens with zero attached hydrogens (tertiary/aromatic N) is 1. The van der Waals surface area contributed by atoms with E-state index in [0.29, 0.717) is 18.0 Å². The third-order valence-corrected chi connectivity index (χ3v) is 4.78. The van der Waals surface area contributed by atoms with Crippen LogP contribution in [-0.2, 0) is 16.1 Å². The van der Waals surface area contributed by atoms with Crippen LogP contribution in [0.15, 0.2) is 54.6 Å². The average Bonchev–Trinajstić information content (AvgIpc) is 3.12. The van der Waals surface area contributed by atoms with Gasteiger partial charge in [0.15, 0.2) is 0 Å². The molecule has 1 amide bonds. The lowest BCUT2D eigenvalue weighted by molar-refractivity contribution is -0.141. The first-order chi connectivity index (χ1) is 13.6. The summed E-state index contributed by atoms with van der Waals surface area (Å²) in [4.78, 5) is 25.0. The summed E-state index contributed by atoms with van der Waals surface area (Å²) in [6, 6.07) is 16.5. The molecular weight excluding hydrogens is 356 g/mol. The van der Waals surface area contributed by atoms with Gasteiger partial charge in [-0.3, -0.25) is 9.59 Å². The number of aryl methyl sites for hydroxylation is 1. The van der Waals surface area contributed by atoms with Gasteiger partial charge in [-0.05, 0) is 36.8 Å². The Morgan fingerprint density at radius 3 is 2.43 bits per heavy atom. The van der Waals surface area contributed by atoms with Gasteiger partial charge in [0.25, 0.3) is 5.91 Å². The van der Waals surface area contributed by atoms with Crippen molar-refractivity contribution in [2.45, 2.75) is 25.9 Å². The molecule has 1 atom stereocenters. The van der Waals surface area contributed by atoms with Crippen LogP contribution in [0.25, 0.3) is 10.9 Å². The fourth-order valence-corrected chi connectivity index (χ4v) is 3.31. The van der Waals surface area contributed by atoms with E-state index >= 15 is 0 Å². The van der Waals surface area contributed by atoms with E-state index < -0.39 is 12.0 Å². The third-order valence-electron chi connectivity index (χ3n) is 4.78. The monoisotopic (exact) mass is 380 g/mol. The SMILES string of the molecule is CCn1c(C(=O)NC(CC(=O)OC)c2ccc(OC)cc2)cc2ccccc21. The minimum Gasteiger partial charge on any atom is -0.497 e. The molecule has 146 valence electrons. The van der Waals surface area contributed by atoms with Gasteiger partial charge in [-0.15, -0.1) is 0 Å². The van der Waals surface area contributed by atoms with E-state index in [-0.39, 0.29) is 12.3 Å². The summed E-state index contributed by atoms with van der Waals surface area (Å²) in [6.45, 7) is 2.67. The van der Waals surface area contributed by atoms with Crippen LogP contribution in [0.4, 0.5) is 0 Å². The average molecular weight is 380 g/mol. The number of carbonyl (C=O) groups is 2. The molecule has 28 heavy (non-hydrogen) atoms. The highest BCUT2D eigenvalue weighted by molar-refractivity contribution is 5.99. The van der Waals surface area contributed by atoms with Gasteiger partial charge in [-0.2, -0.15) is 0 Å². The third kappa shape index (κ3) is 4.01. The molecule has 0 radical (unpaired) electrons. The van der Waals surface area contributed by atoms with E-state index in [1.165, 1.54) is 7.11 Å². The van der Waals surface area contributed by atoms with Gasteiger partial charge in [0.2, 0.25) is 0 Å². The minimum atomic E-state index is -0.505. The van der Waals surface area contributed by atoms with Crippen LogP contribution < -0.4 is 10.1 Å². The number of fused-ring (bicyclic) bond motifs is 1. The van der Waals surface area contributed by atoms with Crippen molar-refractivity contribution in [2.75, 3.05) is 14.2 Å². The summed E-state index contributed by atoms with van der Waals surface area (Å²) in [7, 11) is 2.93. The van der Waals surface area contributed by atoms with E-state index in [9.17, 15) is 9.59 Å². The Morgan fingerprint density at radius 2 is 1.79 bits per heavy atom. The highest BCUT2D eigenvalue weighted by atomic mass is 16.5. The molecule has 0 saturated carbocycles. The number of ether oxygens (including phenoxy) is 2. The fourth-order valence-electron chi connectivity index (χ4n) is 3.31. The number of carbonyl (C=O) groups excluding carboxylic acids is 2. The first-order valence-electron chi connectivity index (χ1n) is 9.17. The minimum absolute atomic E-state index is 0.0426. The van der Waals surface area contributed by atoms with Crippen LogP contribution >= 0.6 is 0 Å². The quantitative estimate of drug-likeness (QED) is 0.635. The van der Waals surface area contributed by atoms with E-state index in [1.807, 2.05) is 54.0 Å². The van der Waals surface area contributed by atoms with Gasteiger partial charge in [0.1, 0.15) is 11.4 Å². The Hall–Kier alpha value is -3.28. The molecule has 3 aromatic rings. The molecule has 1 aromatic heterocycles. The van der Waals surface area contributed by atoms with Gasteiger partial charge in [0, 0.05) is 17.4 Å². The molecule has 0 spiro atoms. The smallest absolute Gasteiger partial charge is 0.307 e. The van der Waals surface area contributed by atoms with Gasteiger partial charge in [-0.1, -0.05) is 30.3 Å². The fraction of sp³-hybridized carbons (Fsp3) is 0.273. The molecule has 1 N–H and O–H groups in total. The van der Waals surface area contributed by atoms with E-state index in [2.05, 4.69) is 5.32 Å². The van der Waals surface area contributed by atoms with Crippen molar-refractivity contribution in [3.8, 4) is 5.75 Å². The van der Waals surface area contributed by atoms with Crippen LogP contribution in [0.1, 0.15) is 35.4 Å². The number of para-hydroxylation sites is 1. The second kappa shape index (κ2) is 8.61. The highest BCUT2D eigenvalue weighted by Gasteiger charge is 2.22. The summed E-state index contributed by atoms with van der Waals surface area (Å²) in [5.74, 6) is 0.0814. The standard InChI is InChI=1S/C22H24N2O4/c1-4-24-19-8-6-5-7-16(19)13-20(24)22(26)23-18(14-21(25)28-3)15-9-11-17(27-2)12-10-15/h5-13,18H,4,14H2,1-3H3,(H,23,26). The number of rotatable bonds is 7. The second-order valence-corrected chi connectivity index (χ2v) is 6.41. The Morgan fingerprint density at radius 1 is 1.07 bits per heavy atom. The van der Waals surface area contributed by atoms with E-state index in [1.54, 1.807) is 19.2 Å². The first-order valence-corrected chi connectivity index (χ1v) is 9.17. The van der Waals surface area contributed by atoms with E-state index in [4.69, 9.17) is 9.47 Å². The van der Waals surface area contributed by atoms with Crippen molar-refractivity contribution >= 4 is 22.8 Å². The predicted octanol–water partition coefficient (Wildman–Crippen LogP) is 3.70. The van der Waals surface area contributed by atoms with Crippen molar-refractivity contribution in [1.29, 1.82) is 0 Å². The Bertz CT molecular complexity index is 976. The number of nitrogens with one attached hydrogen (secondary N) is 1. The predicted molar refractivity (Wildman–Crippen MR) is 107 cm³/mol. The van der Waals surface area contributed by atoms with Crippen molar-refractivity contribution in [1.82, 2.24) is 9.88 Å². The molecule has 6 nitrogen and oxygen atoms in total. The molecule has 1 unspecified atom stereocenters. The number of esters is 1. The van der Waals surface area contributed by atoms with Crippen LogP contribution in [0.5, 0.6) is 5.75 Å². The van der Waals surface area contributed by atoms with Crippen LogP contribution in [-0.4, -0.2) is 30.7 Å². The number of hydrogen-bond acceptors (Lipinski definition) is 4. The first kappa shape index (κ1) is 19.5. The molecule has 0 fully saturated rings. The van der Waals surface area contributed by atoms with Gasteiger partial charge in [0.05, 0.1) is 26.7 Å². The van der Waals surface area contributed by atoms with E-state index in [0.717, 1.165) is 16.5 Å². The molecule has 3 rings (SSSR count). The molecule has 2 aromatic carbocycles. The maximum absolute atomic E-state index is 13.1. The zero-order chi connectivity index (χ0) is 20.1. The number of benzene rings is 2. The van der Waals surface area contributed by atoms with Crippen LogP contribution in [0.3, 0.4) is 0 Å². The lowest BCUT2D eigenvalue weighted by Gasteiger charge is -2.19. The maximum atomic E-state index is 13.1. The molecule has 0 saturated heterocycles. The molecular formula is C22H24N2O4. The summed E-state index contributed by atoms with van der Waals surface area (Å²) in [5, 5.41) is 3.99. The van der Waals surface area contributed by atoms with Gasteiger partial charge < -0.3 is 19.4 Å². The zero-order valence-corrected chi connectivity index (χ0v) is 16.3. The normalized spacial score (nSPS) is 11.8. The number of hydrogen-bond donors (Lipinski definition) is 1. The Labute approximate surface area is 164 Å². The van der Waals surface area contributed by atoms with Crippen molar-refractivity contribution in [3.63, 3.8) is 0 Å². The number of amides is 1. The van der Waals surface area contributed by atoms with Crippen molar-refractivity contribution < 1.29 is 19.1 Å². The largest absolute Gasteiger partial charge is 0.497 e. The molecule has 0 bridgehead atoms. The highest BCUT2D eigenvalue weighted by Crippen LogP contribution is 2.24. The zero-order valence-electron chi connectivity index (χ0n) is 16.3. The summed E-state index contributed by atoms with van der Waals surface area (Å²) < 4.78 is 12.0. The molecule has 0 aliphatic heterocycles. The second-order valence-electron chi connectivity index (χ2n) is 6.41. The Kier molecular flexibility index (Phi) is 5.99. The van der Waals surface area contributed by atoms with Crippen molar-refractivity contribution in [2.24, 2.45) is 0 Å². The van der Waals surface area contributed by atoms with Crippen molar-refractivity contribution in [3.05, 3.63) is 65.9 Å². The summed E-state index contributed by atoms with van der Waals surface area (Å²) >= 11 is 0. The lowest BCUT2D eigenvalue weighted by Crippen LogP contribution is -2.31. The number of aromatic nitrogens is 1. The Balaban J connectivity index is 1.91. The van der Waals surface area contributed by atoms with Gasteiger partial charge in [-0.25, -0.2) is 0 Å². The molecule has 6 heteroatoms. The van der Waals surface area contributed by atoms with Crippen LogP contribution in [0.2, 0.25) is 0 Å². The lowest BCUT2D eigenvalue weighted by atomic mass is 10.0. The molecule has 0 aliphatic carbocycles. The van der Waals surface area contributed by atoms with Gasteiger partial charge >= 0.3 is 5.97 Å². The summed E-state index contributed by atoms with van der Waals surface area (Å²) in [5.41, 5.74) is 2.37. The molecule has 0 aliphatic rings. The number of methoxy groups -OCH3 is 2. The summed E-state index contributed by atoms with van der Waals surface area (Å²) in [6.07, 6.45) is 0.0426.